The Kier molecular flexibility index (Phi) is 12.0. The molecule has 0 radical (unpaired) electrons. The van der Waals surface area contributed by atoms with Crippen LogP contribution < -0.4 is 4.74 Å². The topological polar surface area (TPSA) is 32.8 Å². The van der Waals surface area contributed by atoms with Gasteiger partial charge in [-0.15, -0.1) is 12.4 Å². The summed E-state index contributed by atoms with van der Waals surface area (Å²) in [5.41, 5.74) is 1.38. The second kappa shape index (κ2) is 13.9. The predicted octanol–water partition coefficient (Wildman–Crippen LogP) is 6.73. The Morgan fingerprint density at radius 2 is 1.79 bits per heavy atom. The van der Waals surface area contributed by atoms with Crippen molar-refractivity contribution in [3.05, 3.63) is 28.2 Å². The third-order valence-electron chi connectivity index (χ3n) is 7.46. The molecule has 0 unspecified atom stereocenters. The first kappa shape index (κ1) is 28.5. The molecule has 188 valence electrons. The Balaban J connectivity index is 0.00000385. The number of halogens is 2. The smallest absolute Gasteiger partial charge is 0.219 e. The van der Waals surface area contributed by atoms with Crippen molar-refractivity contribution in [3.8, 4) is 5.75 Å². The second-order valence-corrected chi connectivity index (χ2v) is 11.0. The summed E-state index contributed by atoms with van der Waals surface area (Å²) in [6, 6.07) is 6.89. The molecule has 0 atom stereocenters. The van der Waals surface area contributed by atoms with E-state index in [4.69, 9.17) is 4.74 Å². The summed E-state index contributed by atoms with van der Waals surface area (Å²) in [4.78, 5) is 16.6. The standard InChI is InChI=1S/C27H43BrN2O2.ClH/c1-5-30(21(4)31)25-8-6-22(7-9-25)12-15-29-16-13-23(14-17-29)18-24-19-26(32-20(2)3)10-11-27(24)28;/h10-11,19-20,22-23,25H,5-9,12-18H2,1-4H3;1H. The highest BCUT2D eigenvalue weighted by atomic mass is 79.9. The zero-order valence-corrected chi connectivity index (χ0v) is 23.4. The fourth-order valence-electron chi connectivity index (χ4n) is 5.63. The van der Waals surface area contributed by atoms with Crippen LogP contribution in [0.2, 0.25) is 0 Å². The van der Waals surface area contributed by atoms with E-state index in [-0.39, 0.29) is 24.4 Å². The Morgan fingerprint density at radius 3 is 2.36 bits per heavy atom. The Morgan fingerprint density at radius 1 is 1.12 bits per heavy atom. The largest absolute Gasteiger partial charge is 0.491 e. The van der Waals surface area contributed by atoms with Gasteiger partial charge in [-0.2, -0.15) is 0 Å². The van der Waals surface area contributed by atoms with Crippen LogP contribution in [-0.2, 0) is 11.2 Å². The number of rotatable bonds is 9. The fraction of sp³-hybridized carbons (Fsp3) is 0.741. The lowest BCUT2D eigenvalue weighted by atomic mass is 9.83. The van der Waals surface area contributed by atoms with Gasteiger partial charge in [0.15, 0.2) is 0 Å². The SMILES string of the molecule is CCN(C(C)=O)C1CCC(CCN2CCC(Cc3cc(OC(C)C)ccc3Br)CC2)CC1.Cl. The van der Waals surface area contributed by atoms with Gasteiger partial charge >= 0.3 is 0 Å². The van der Waals surface area contributed by atoms with Gasteiger partial charge in [-0.3, -0.25) is 4.79 Å². The average Bonchev–Trinajstić information content (AvgIpc) is 2.76. The average molecular weight is 544 g/mol. The molecule has 1 aliphatic carbocycles. The number of hydrogen-bond acceptors (Lipinski definition) is 3. The van der Waals surface area contributed by atoms with Gasteiger partial charge < -0.3 is 14.5 Å². The van der Waals surface area contributed by atoms with Crippen LogP contribution in [0, 0.1) is 11.8 Å². The molecule has 2 fully saturated rings. The van der Waals surface area contributed by atoms with Gasteiger partial charge in [-0.05, 0) is 127 Å². The van der Waals surface area contributed by atoms with Crippen molar-refractivity contribution < 1.29 is 9.53 Å². The number of amides is 1. The van der Waals surface area contributed by atoms with Crippen molar-refractivity contribution in [1.82, 2.24) is 9.80 Å². The van der Waals surface area contributed by atoms with Gasteiger partial charge in [-0.1, -0.05) is 15.9 Å². The maximum atomic E-state index is 11.8. The van der Waals surface area contributed by atoms with E-state index < -0.39 is 0 Å². The predicted molar refractivity (Wildman–Crippen MR) is 143 cm³/mol. The Bertz CT molecular complexity index is 729. The molecule has 3 rings (SSSR count). The highest BCUT2D eigenvalue weighted by molar-refractivity contribution is 9.10. The molecular formula is C27H44BrClN2O2. The molecule has 33 heavy (non-hydrogen) atoms. The highest BCUT2D eigenvalue weighted by Crippen LogP contribution is 2.32. The summed E-state index contributed by atoms with van der Waals surface area (Å²) in [6.45, 7) is 12.5. The van der Waals surface area contributed by atoms with E-state index in [2.05, 4.69) is 64.7 Å². The molecule has 1 saturated carbocycles. The minimum absolute atomic E-state index is 0. The van der Waals surface area contributed by atoms with Crippen LogP contribution >= 0.6 is 28.3 Å². The molecule has 0 N–H and O–H groups in total. The molecular weight excluding hydrogens is 500 g/mol. The van der Waals surface area contributed by atoms with Crippen molar-refractivity contribution in [3.63, 3.8) is 0 Å². The van der Waals surface area contributed by atoms with E-state index in [9.17, 15) is 4.79 Å². The molecule has 0 spiro atoms. The Labute approximate surface area is 216 Å². The van der Waals surface area contributed by atoms with E-state index in [0.29, 0.717) is 6.04 Å². The number of nitrogens with zero attached hydrogens (tertiary/aromatic N) is 2. The molecule has 1 aromatic rings. The summed E-state index contributed by atoms with van der Waals surface area (Å²) in [5.74, 6) is 2.83. The summed E-state index contributed by atoms with van der Waals surface area (Å²) < 4.78 is 7.10. The fourth-order valence-corrected chi connectivity index (χ4v) is 6.04. The number of likely N-dealkylation sites (tertiary alicyclic amines) is 1. The lowest BCUT2D eigenvalue weighted by Gasteiger charge is -2.37. The van der Waals surface area contributed by atoms with Gasteiger partial charge in [0.2, 0.25) is 5.91 Å². The third-order valence-corrected chi connectivity index (χ3v) is 8.23. The quantitative estimate of drug-likeness (QED) is 0.346. The number of piperidine rings is 1. The molecule has 0 aromatic heterocycles. The van der Waals surface area contributed by atoms with E-state index >= 15 is 0 Å². The summed E-state index contributed by atoms with van der Waals surface area (Å²) in [6.07, 6.45) is 10.2. The van der Waals surface area contributed by atoms with Crippen molar-refractivity contribution in [2.24, 2.45) is 11.8 Å². The van der Waals surface area contributed by atoms with Gasteiger partial charge in [0.05, 0.1) is 6.10 Å². The number of carbonyl (C=O) groups is 1. The van der Waals surface area contributed by atoms with Crippen LogP contribution in [0.3, 0.4) is 0 Å². The molecule has 1 aromatic carbocycles. The van der Waals surface area contributed by atoms with Gasteiger partial charge in [0.25, 0.3) is 0 Å². The monoisotopic (exact) mass is 542 g/mol. The zero-order valence-electron chi connectivity index (χ0n) is 21.0. The summed E-state index contributed by atoms with van der Waals surface area (Å²) >= 11 is 3.74. The van der Waals surface area contributed by atoms with E-state index in [0.717, 1.165) is 30.6 Å². The zero-order chi connectivity index (χ0) is 23.1. The molecule has 4 nitrogen and oxygen atoms in total. The van der Waals surface area contributed by atoms with Crippen LogP contribution in [0.5, 0.6) is 5.75 Å². The molecule has 6 heteroatoms. The van der Waals surface area contributed by atoms with E-state index in [1.165, 1.54) is 74.6 Å². The first-order valence-corrected chi connectivity index (χ1v) is 13.6. The maximum Gasteiger partial charge on any atom is 0.219 e. The van der Waals surface area contributed by atoms with Gasteiger partial charge in [-0.25, -0.2) is 0 Å². The third kappa shape index (κ3) is 8.74. The van der Waals surface area contributed by atoms with E-state index in [1.54, 1.807) is 6.92 Å². The summed E-state index contributed by atoms with van der Waals surface area (Å²) in [5, 5.41) is 0. The molecule has 1 aliphatic heterocycles. The van der Waals surface area contributed by atoms with Crippen molar-refractivity contribution in [2.45, 2.75) is 91.2 Å². The first-order chi connectivity index (χ1) is 15.4. The number of ether oxygens (including phenoxy) is 1. The number of carbonyl (C=O) groups excluding carboxylic acids is 1. The second-order valence-electron chi connectivity index (χ2n) is 10.2. The van der Waals surface area contributed by atoms with Crippen molar-refractivity contribution >= 4 is 34.2 Å². The van der Waals surface area contributed by atoms with E-state index in [1.807, 2.05) is 0 Å². The van der Waals surface area contributed by atoms with Crippen molar-refractivity contribution in [2.75, 3.05) is 26.2 Å². The van der Waals surface area contributed by atoms with Crippen LogP contribution in [0.1, 0.15) is 78.2 Å². The number of hydrogen-bond donors (Lipinski definition) is 0. The normalized spacial score (nSPS) is 22.1. The minimum Gasteiger partial charge on any atom is -0.491 e. The molecule has 1 amide bonds. The molecule has 1 saturated heterocycles. The van der Waals surface area contributed by atoms with Crippen LogP contribution in [0.25, 0.3) is 0 Å². The number of benzene rings is 1. The first-order valence-electron chi connectivity index (χ1n) is 12.8. The minimum atomic E-state index is 0. The van der Waals surface area contributed by atoms with Gasteiger partial charge in [0.1, 0.15) is 5.75 Å². The highest BCUT2D eigenvalue weighted by Gasteiger charge is 2.27. The van der Waals surface area contributed by atoms with Crippen LogP contribution in [0.15, 0.2) is 22.7 Å². The Hall–Kier alpha value is -0.780. The van der Waals surface area contributed by atoms with Crippen molar-refractivity contribution in [1.29, 1.82) is 0 Å². The lowest BCUT2D eigenvalue weighted by molar-refractivity contribution is -0.131. The van der Waals surface area contributed by atoms with Crippen LogP contribution in [0.4, 0.5) is 0 Å². The lowest BCUT2D eigenvalue weighted by Crippen LogP contribution is -2.41. The molecule has 0 bridgehead atoms. The molecule has 1 heterocycles. The molecule has 2 aliphatic rings. The maximum absolute atomic E-state index is 11.8. The van der Waals surface area contributed by atoms with Gasteiger partial charge in [0, 0.05) is 24.0 Å². The van der Waals surface area contributed by atoms with Crippen LogP contribution in [-0.4, -0.2) is 54.0 Å². The summed E-state index contributed by atoms with van der Waals surface area (Å²) in [7, 11) is 0.